The van der Waals surface area contributed by atoms with Crippen LogP contribution in [-0.4, -0.2) is 42.4 Å². The molecule has 1 spiro atoms. The van der Waals surface area contributed by atoms with E-state index in [0.717, 1.165) is 5.57 Å². The van der Waals surface area contributed by atoms with Crippen molar-refractivity contribution in [3.63, 3.8) is 0 Å². The second-order valence-electron chi connectivity index (χ2n) is 10.2. The van der Waals surface area contributed by atoms with Crippen molar-refractivity contribution in [2.45, 2.75) is 85.9 Å². The Morgan fingerprint density at radius 2 is 1.68 bits per heavy atom. The molecule has 1 heterocycles. The molecule has 8 atom stereocenters. The van der Waals surface area contributed by atoms with Gasteiger partial charge in [-0.3, -0.25) is 19.2 Å². The van der Waals surface area contributed by atoms with Crippen LogP contribution in [0, 0.1) is 28.6 Å². The number of rotatable bonds is 6. The average molecular weight is 477 g/mol. The first-order chi connectivity index (χ1) is 15.9. The fraction of sp³-hybridized carbons (Fsp3) is 0.692. The van der Waals surface area contributed by atoms with Gasteiger partial charge in [-0.05, 0) is 43.4 Å². The van der Waals surface area contributed by atoms with E-state index in [0.29, 0.717) is 12.8 Å². The normalized spacial score (nSPS) is 39.5. The summed E-state index contributed by atoms with van der Waals surface area (Å²) < 4.78 is 22.7. The van der Waals surface area contributed by atoms with E-state index in [1.807, 2.05) is 13.8 Å². The van der Waals surface area contributed by atoms with E-state index in [1.165, 1.54) is 20.8 Å². The van der Waals surface area contributed by atoms with Gasteiger partial charge in [-0.25, -0.2) is 0 Å². The zero-order valence-electron chi connectivity index (χ0n) is 20.9. The van der Waals surface area contributed by atoms with E-state index in [1.54, 1.807) is 6.08 Å². The Bertz CT molecular complexity index is 906. The molecule has 3 fully saturated rings. The maximum absolute atomic E-state index is 13.9. The summed E-state index contributed by atoms with van der Waals surface area (Å²) in [5, 5.41) is 0. The second-order valence-corrected chi connectivity index (χ2v) is 10.2. The van der Waals surface area contributed by atoms with E-state index < -0.39 is 53.3 Å². The summed E-state index contributed by atoms with van der Waals surface area (Å²) in [6.45, 7) is 13.8. The van der Waals surface area contributed by atoms with Crippen LogP contribution < -0.4 is 0 Å². The van der Waals surface area contributed by atoms with Crippen molar-refractivity contribution >= 4 is 23.7 Å². The van der Waals surface area contributed by atoms with Gasteiger partial charge in [-0.15, -0.1) is 0 Å². The van der Waals surface area contributed by atoms with Gasteiger partial charge in [0, 0.05) is 33.1 Å². The molecule has 3 rings (SSSR count). The summed E-state index contributed by atoms with van der Waals surface area (Å²) in [5.74, 6) is -2.61. The molecule has 34 heavy (non-hydrogen) atoms. The smallest absolute Gasteiger partial charge is 0.304 e. The third kappa shape index (κ3) is 4.44. The molecule has 8 heteroatoms. The Morgan fingerprint density at radius 3 is 2.24 bits per heavy atom. The largest absolute Gasteiger partial charge is 0.463 e. The van der Waals surface area contributed by atoms with Crippen molar-refractivity contribution in [2.75, 3.05) is 0 Å². The SMILES string of the molecule is C=C/C(C)=C/C[C@]1(C)[C@@H](C)CC(=O)[C@]23[C@H](OC(C)=O)O[C@H](OC(C)=O)[C@H]2C[C@@H](OC(C)=O)C[C@@H]13. The number of carbonyl (C=O) groups excluding carboxylic acids is 4. The number of ketones is 1. The van der Waals surface area contributed by atoms with Crippen LogP contribution in [0.5, 0.6) is 0 Å². The minimum atomic E-state index is -1.21. The topological polar surface area (TPSA) is 105 Å². The van der Waals surface area contributed by atoms with Crippen molar-refractivity contribution in [3.05, 3.63) is 24.3 Å². The first-order valence-corrected chi connectivity index (χ1v) is 11.9. The van der Waals surface area contributed by atoms with Crippen LogP contribution in [0.2, 0.25) is 0 Å². The highest BCUT2D eigenvalue weighted by Gasteiger charge is 2.74. The van der Waals surface area contributed by atoms with Crippen LogP contribution in [0.25, 0.3) is 0 Å². The summed E-state index contributed by atoms with van der Waals surface area (Å²) in [4.78, 5) is 49.8. The summed E-state index contributed by atoms with van der Waals surface area (Å²) in [6, 6.07) is 0. The van der Waals surface area contributed by atoms with Gasteiger partial charge in [0.05, 0.1) is 0 Å². The Balaban J connectivity index is 2.19. The zero-order chi connectivity index (χ0) is 25.4. The number of hydrogen-bond acceptors (Lipinski definition) is 8. The van der Waals surface area contributed by atoms with E-state index in [9.17, 15) is 19.2 Å². The molecule has 0 unspecified atom stereocenters. The van der Waals surface area contributed by atoms with Crippen LogP contribution in [0.4, 0.5) is 0 Å². The minimum Gasteiger partial charge on any atom is -0.463 e. The first kappa shape index (κ1) is 26.1. The van der Waals surface area contributed by atoms with E-state index in [4.69, 9.17) is 18.9 Å². The molecule has 0 aromatic heterocycles. The number of Topliss-reactive ketones (excluding diaryl/α,β-unsaturated/α-hetero) is 1. The third-order valence-corrected chi connectivity index (χ3v) is 8.15. The molecule has 0 aromatic carbocycles. The van der Waals surface area contributed by atoms with Crippen LogP contribution in [0.3, 0.4) is 0 Å². The first-order valence-electron chi connectivity index (χ1n) is 11.9. The lowest BCUT2D eigenvalue weighted by Crippen LogP contribution is -2.64. The molecule has 188 valence electrons. The molecular weight excluding hydrogens is 440 g/mol. The summed E-state index contributed by atoms with van der Waals surface area (Å²) in [7, 11) is 0. The summed E-state index contributed by atoms with van der Waals surface area (Å²) in [6.07, 6.45) is 2.72. The molecule has 0 aromatic rings. The molecule has 1 saturated heterocycles. The lowest BCUT2D eigenvalue weighted by atomic mass is 9.43. The number of allylic oxidation sites excluding steroid dienone is 3. The molecule has 8 nitrogen and oxygen atoms in total. The van der Waals surface area contributed by atoms with Gasteiger partial charge in [-0.1, -0.05) is 38.2 Å². The van der Waals surface area contributed by atoms with Crippen molar-refractivity contribution < 1.29 is 38.1 Å². The van der Waals surface area contributed by atoms with Gasteiger partial charge in [0.25, 0.3) is 0 Å². The van der Waals surface area contributed by atoms with Gasteiger partial charge < -0.3 is 18.9 Å². The summed E-state index contributed by atoms with van der Waals surface area (Å²) >= 11 is 0. The number of carbonyl (C=O) groups is 4. The highest BCUT2D eigenvalue weighted by Crippen LogP contribution is 2.67. The highest BCUT2D eigenvalue weighted by molar-refractivity contribution is 5.88. The van der Waals surface area contributed by atoms with Gasteiger partial charge >= 0.3 is 17.9 Å². The van der Waals surface area contributed by atoms with Gasteiger partial charge in [0.15, 0.2) is 0 Å². The Hall–Kier alpha value is -2.48. The van der Waals surface area contributed by atoms with Crippen LogP contribution >= 0.6 is 0 Å². The predicted octanol–water partition coefficient (Wildman–Crippen LogP) is 3.88. The average Bonchev–Trinajstić information content (AvgIpc) is 3.02. The Kier molecular flexibility index (Phi) is 7.41. The third-order valence-electron chi connectivity index (χ3n) is 8.15. The Labute approximate surface area is 201 Å². The summed E-state index contributed by atoms with van der Waals surface area (Å²) in [5.41, 5.74) is -0.609. The van der Waals surface area contributed by atoms with Crippen molar-refractivity contribution in [2.24, 2.45) is 28.6 Å². The molecule has 2 saturated carbocycles. The lowest BCUT2D eigenvalue weighted by molar-refractivity contribution is -0.231. The maximum Gasteiger partial charge on any atom is 0.304 e. The number of ether oxygens (including phenoxy) is 4. The van der Waals surface area contributed by atoms with E-state index >= 15 is 0 Å². The fourth-order valence-corrected chi connectivity index (χ4v) is 6.36. The molecule has 2 aliphatic carbocycles. The number of hydrogen-bond donors (Lipinski definition) is 0. The quantitative estimate of drug-likeness (QED) is 0.323. The van der Waals surface area contributed by atoms with E-state index in [-0.39, 0.29) is 30.5 Å². The molecule has 0 radical (unpaired) electrons. The molecular formula is C26H36O8. The standard InChI is InChI=1S/C26H36O8/c1-8-14(2)9-10-25(7)15(3)11-22(30)26-20(12-19(13-21(25)26)31-16(4)27)23(32-17(5)28)34-24(26)33-18(6)29/h8-9,15,19-21,23-24H,1,10-13H2,2-7H3/b14-9+/t15-,19+,20+,21-,23-,24+,25+,26-/m0/s1. The molecule has 0 bridgehead atoms. The second kappa shape index (κ2) is 9.64. The zero-order valence-corrected chi connectivity index (χ0v) is 20.9. The van der Waals surface area contributed by atoms with Gasteiger partial charge in [0.2, 0.25) is 12.6 Å². The predicted molar refractivity (Wildman–Crippen MR) is 122 cm³/mol. The van der Waals surface area contributed by atoms with Crippen molar-refractivity contribution in [1.82, 2.24) is 0 Å². The molecule has 1 aliphatic heterocycles. The number of esters is 3. The molecule has 0 N–H and O–H groups in total. The monoisotopic (exact) mass is 476 g/mol. The Morgan fingerprint density at radius 1 is 1.06 bits per heavy atom. The minimum absolute atomic E-state index is 0.00646. The fourth-order valence-electron chi connectivity index (χ4n) is 6.36. The maximum atomic E-state index is 13.9. The lowest BCUT2D eigenvalue weighted by Gasteiger charge is -2.59. The van der Waals surface area contributed by atoms with Crippen LogP contribution in [0.15, 0.2) is 24.3 Å². The van der Waals surface area contributed by atoms with Crippen molar-refractivity contribution in [1.29, 1.82) is 0 Å². The molecule has 3 aliphatic rings. The highest BCUT2D eigenvalue weighted by atomic mass is 16.8. The van der Waals surface area contributed by atoms with Crippen molar-refractivity contribution in [3.8, 4) is 0 Å². The van der Waals surface area contributed by atoms with Gasteiger partial charge in [-0.2, -0.15) is 0 Å². The van der Waals surface area contributed by atoms with Crippen LogP contribution in [-0.2, 0) is 38.1 Å². The van der Waals surface area contributed by atoms with Crippen LogP contribution in [0.1, 0.15) is 67.2 Å². The van der Waals surface area contributed by atoms with Gasteiger partial charge in [0.1, 0.15) is 17.3 Å². The molecule has 0 amide bonds. The van der Waals surface area contributed by atoms with E-state index in [2.05, 4.69) is 19.6 Å².